The zero-order valence-electron chi connectivity index (χ0n) is 9.20. The molecule has 4 nitrogen and oxygen atoms in total. The molecule has 1 atom stereocenters. The topological polar surface area (TPSA) is 65.8 Å². The second-order valence-electron chi connectivity index (χ2n) is 3.44. The van der Waals surface area contributed by atoms with Crippen molar-refractivity contribution in [1.29, 1.82) is 5.26 Å². The lowest BCUT2D eigenvalue weighted by molar-refractivity contribution is 0.0943. The number of hydrogen-bond donors (Lipinski definition) is 1. The molecule has 6 heteroatoms. The van der Waals surface area contributed by atoms with Crippen molar-refractivity contribution in [3.05, 3.63) is 28.8 Å². The first-order valence-corrected chi connectivity index (χ1v) is 5.47. The molecular weight excluding hydrogens is 245 g/mol. The van der Waals surface area contributed by atoms with Gasteiger partial charge < -0.3 is 5.32 Å². The third kappa shape index (κ3) is 3.68. The van der Waals surface area contributed by atoms with Gasteiger partial charge in [-0.05, 0) is 12.5 Å². The summed E-state index contributed by atoms with van der Waals surface area (Å²) in [5, 5.41) is 11.2. The van der Waals surface area contributed by atoms with E-state index in [0.717, 1.165) is 18.7 Å². The van der Waals surface area contributed by atoms with Crippen LogP contribution in [0.4, 0.5) is 4.39 Å². The maximum atomic E-state index is 12.9. The Morgan fingerprint density at radius 2 is 2.47 bits per heavy atom. The van der Waals surface area contributed by atoms with Crippen LogP contribution in [0.25, 0.3) is 0 Å². The third-order valence-corrected chi connectivity index (χ3v) is 2.39. The zero-order chi connectivity index (χ0) is 12.8. The van der Waals surface area contributed by atoms with Gasteiger partial charge in [-0.3, -0.25) is 4.79 Å². The standard InChI is InChI=1S/C11H11ClFN3O/c1-2-3-8(5-14)16-11(17)9-4-7(13)6-15-10(9)12/h4,6,8H,2-3H2,1H3,(H,16,17). The van der Waals surface area contributed by atoms with Crippen molar-refractivity contribution in [2.24, 2.45) is 0 Å². The third-order valence-electron chi connectivity index (χ3n) is 2.09. The van der Waals surface area contributed by atoms with E-state index in [4.69, 9.17) is 16.9 Å². The number of halogens is 2. The first-order valence-electron chi connectivity index (χ1n) is 5.10. The van der Waals surface area contributed by atoms with Gasteiger partial charge in [0.05, 0.1) is 17.8 Å². The SMILES string of the molecule is CCCC(C#N)NC(=O)c1cc(F)cnc1Cl. The number of nitrogens with zero attached hydrogens (tertiary/aromatic N) is 2. The van der Waals surface area contributed by atoms with Crippen LogP contribution in [-0.2, 0) is 0 Å². The molecule has 0 aliphatic heterocycles. The summed E-state index contributed by atoms with van der Waals surface area (Å²) >= 11 is 5.67. The Morgan fingerprint density at radius 3 is 3.06 bits per heavy atom. The molecule has 0 saturated carbocycles. The summed E-state index contributed by atoms with van der Waals surface area (Å²) in [7, 11) is 0. The minimum atomic E-state index is -0.649. The molecule has 0 radical (unpaired) electrons. The summed E-state index contributed by atoms with van der Waals surface area (Å²) in [4.78, 5) is 15.2. The summed E-state index contributed by atoms with van der Waals surface area (Å²) in [6.07, 6.45) is 2.21. The van der Waals surface area contributed by atoms with Gasteiger partial charge >= 0.3 is 0 Å². The molecule has 1 rings (SSSR count). The lowest BCUT2D eigenvalue weighted by Crippen LogP contribution is -2.33. The van der Waals surface area contributed by atoms with Crippen molar-refractivity contribution in [2.75, 3.05) is 0 Å². The molecule has 0 aromatic carbocycles. The first kappa shape index (κ1) is 13.4. The summed E-state index contributed by atoms with van der Waals surface area (Å²) in [5.74, 6) is -1.24. The monoisotopic (exact) mass is 255 g/mol. The molecule has 0 fully saturated rings. The van der Waals surface area contributed by atoms with Crippen LogP contribution < -0.4 is 5.32 Å². The van der Waals surface area contributed by atoms with Gasteiger partial charge in [0.25, 0.3) is 5.91 Å². The summed E-state index contributed by atoms with van der Waals surface area (Å²) in [6.45, 7) is 1.90. The number of amides is 1. The number of carbonyl (C=O) groups excluding carboxylic acids is 1. The van der Waals surface area contributed by atoms with E-state index in [0.29, 0.717) is 6.42 Å². The number of pyridine rings is 1. The number of nitrogens with one attached hydrogen (secondary N) is 1. The highest BCUT2D eigenvalue weighted by Gasteiger charge is 2.16. The van der Waals surface area contributed by atoms with Crippen molar-refractivity contribution in [1.82, 2.24) is 10.3 Å². The molecule has 0 aliphatic carbocycles. The molecule has 1 heterocycles. The Kier molecular flexibility index (Phi) is 4.85. The van der Waals surface area contributed by atoms with E-state index >= 15 is 0 Å². The van der Waals surface area contributed by atoms with E-state index in [1.165, 1.54) is 0 Å². The average Bonchev–Trinajstić information content (AvgIpc) is 2.31. The number of hydrogen-bond acceptors (Lipinski definition) is 3. The lowest BCUT2D eigenvalue weighted by Gasteiger charge is -2.10. The summed E-state index contributed by atoms with van der Waals surface area (Å²) in [6, 6.07) is 2.33. The highest BCUT2D eigenvalue weighted by atomic mass is 35.5. The van der Waals surface area contributed by atoms with Crippen molar-refractivity contribution in [2.45, 2.75) is 25.8 Å². The van der Waals surface area contributed by atoms with Gasteiger partial charge in [0.1, 0.15) is 17.0 Å². The van der Waals surface area contributed by atoms with E-state index in [1.807, 2.05) is 13.0 Å². The molecule has 1 N–H and O–H groups in total. The van der Waals surface area contributed by atoms with Crippen LogP contribution in [0.15, 0.2) is 12.3 Å². The Hall–Kier alpha value is -1.67. The molecular formula is C11H11ClFN3O. The summed E-state index contributed by atoms with van der Waals surface area (Å²) < 4.78 is 12.9. The number of carbonyl (C=O) groups is 1. The minimum absolute atomic E-state index is 0.0666. The Labute approximate surface area is 103 Å². The molecule has 1 amide bonds. The van der Waals surface area contributed by atoms with Crippen LogP contribution in [-0.4, -0.2) is 16.9 Å². The fourth-order valence-electron chi connectivity index (χ4n) is 1.28. The van der Waals surface area contributed by atoms with Gasteiger partial charge in [-0.2, -0.15) is 5.26 Å². The van der Waals surface area contributed by atoms with E-state index < -0.39 is 17.8 Å². The predicted octanol–water partition coefficient (Wildman–Crippen LogP) is 2.30. The van der Waals surface area contributed by atoms with Crippen LogP contribution in [0, 0.1) is 17.1 Å². The van der Waals surface area contributed by atoms with E-state index in [-0.39, 0.29) is 10.7 Å². The van der Waals surface area contributed by atoms with Crippen molar-refractivity contribution in [3.8, 4) is 6.07 Å². The van der Waals surface area contributed by atoms with Gasteiger partial charge in [0, 0.05) is 0 Å². The normalized spacial score (nSPS) is 11.6. The Balaban J connectivity index is 2.83. The smallest absolute Gasteiger partial charge is 0.255 e. The van der Waals surface area contributed by atoms with Crippen LogP contribution in [0.2, 0.25) is 5.15 Å². The molecule has 1 aromatic heterocycles. The average molecular weight is 256 g/mol. The second kappa shape index (κ2) is 6.16. The summed E-state index contributed by atoms with van der Waals surface area (Å²) in [5.41, 5.74) is -0.0666. The predicted molar refractivity (Wildman–Crippen MR) is 61.0 cm³/mol. The van der Waals surface area contributed by atoms with Crippen molar-refractivity contribution >= 4 is 17.5 Å². The quantitative estimate of drug-likeness (QED) is 0.840. The maximum absolute atomic E-state index is 12.9. The van der Waals surface area contributed by atoms with Crippen LogP contribution >= 0.6 is 11.6 Å². The van der Waals surface area contributed by atoms with Crippen molar-refractivity contribution in [3.63, 3.8) is 0 Å². The molecule has 0 spiro atoms. The Morgan fingerprint density at radius 1 is 1.76 bits per heavy atom. The number of rotatable bonds is 4. The first-order chi connectivity index (χ1) is 8.08. The zero-order valence-corrected chi connectivity index (χ0v) is 9.96. The Bertz CT molecular complexity index is 459. The van der Waals surface area contributed by atoms with E-state index in [2.05, 4.69) is 10.3 Å². The van der Waals surface area contributed by atoms with Crippen LogP contribution in [0.1, 0.15) is 30.1 Å². The van der Waals surface area contributed by atoms with E-state index in [9.17, 15) is 9.18 Å². The second-order valence-corrected chi connectivity index (χ2v) is 3.79. The molecule has 0 aliphatic rings. The maximum Gasteiger partial charge on any atom is 0.255 e. The van der Waals surface area contributed by atoms with Gasteiger partial charge in [-0.15, -0.1) is 0 Å². The minimum Gasteiger partial charge on any atom is -0.336 e. The largest absolute Gasteiger partial charge is 0.336 e. The molecule has 0 saturated heterocycles. The van der Waals surface area contributed by atoms with Gasteiger partial charge in [-0.25, -0.2) is 9.37 Å². The van der Waals surface area contributed by atoms with Gasteiger partial charge in [0.2, 0.25) is 0 Å². The highest BCUT2D eigenvalue weighted by molar-refractivity contribution is 6.32. The van der Waals surface area contributed by atoms with Crippen molar-refractivity contribution < 1.29 is 9.18 Å². The number of nitriles is 1. The fourth-order valence-corrected chi connectivity index (χ4v) is 1.46. The molecule has 1 aromatic rings. The van der Waals surface area contributed by atoms with Crippen LogP contribution in [0.3, 0.4) is 0 Å². The molecule has 17 heavy (non-hydrogen) atoms. The van der Waals surface area contributed by atoms with Crippen LogP contribution in [0.5, 0.6) is 0 Å². The lowest BCUT2D eigenvalue weighted by atomic mass is 10.1. The van der Waals surface area contributed by atoms with Gasteiger partial charge in [0.15, 0.2) is 0 Å². The fraction of sp³-hybridized carbons (Fsp3) is 0.364. The van der Waals surface area contributed by atoms with Gasteiger partial charge in [-0.1, -0.05) is 24.9 Å². The molecule has 1 unspecified atom stereocenters. The molecule has 0 bridgehead atoms. The molecule has 90 valence electrons. The highest BCUT2D eigenvalue weighted by Crippen LogP contribution is 2.14. The van der Waals surface area contributed by atoms with E-state index in [1.54, 1.807) is 0 Å². The number of aromatic nitrogens is 1.